The first kappa shape index (κ1) is 41.1. The van der Waals surface area contributed by atoms with Crippen LogP contribution in [-0.4, -0.2) is 0 Å². The molecule has 0 heterocycles. The van der Waals surface area contributed by atoms with Gasteiger partial charge in [0.2, 0.25) is 0 Å². The molecule has 0 saturated heterocycles. The van der Waals surface area contributed by atoms with E-state index >= 15 is 0 Å². The predicted molar refractivity (Wildman–Crippen MR) is 256 cm³/mol. The normalized spacial score (nSPS) is 11.8. The Morgan fingerprint density at radius 3 is 1.12 bits per heavy atom. The Morgan fingerprint density at radius 2 is 0.776 bits per heavy atom. The predicted octanol–water partition coefficient (Wildman–Crippen LogP) is 17.2. The molecule has 4 heteroatoms. The molecule has 0 aliphatic rings. The molecule has 0 aromatic heterocycles. The van der Waals surface area contributed by atoms with Gasteiger partial charge in [-0.05, 0) is 148 Å². The molecule has 0 fully saturated rings. The van der Waals surface area contributed by atoms with E-state index in [4.69, 9.17) is 11.6 Å². The SMILES string of the molecule is Cc1ccc(N(c2ccc(C(C)(C)C)cc2)c2cc(Cl)cc(N(c3ccc(C(C)(C)C)cc3)c3ccc(C)cc3-c3ccccc3C)c2Br)c(-c2ccccc2C)c1. The summed E-state index contributed by atoms with van der Waals surface area (Å²) in [5.41, 5.74) is 18.2. The number of anilines is 6. The van der Waals surface area contributed by atoms with Crippen molar-refractivity contribution in [2.45, 2.75) is 80.1 Å². The highest BCUT2D eigenvalue weighted by Crippen LogP contribution is 2.52. The van der Waals surface area contributed by atoms with Crippen molar-refractivity contribution in [3.8, 4) is 22.3 Å². The van der Waals surface area contributed by atoms with Crippen molar-refractivity contribution < 1.29 is 0 Å². The van der Waals surface area contributed by atoms with Gasteiger partial charge in [-0.2, -0.15) is 0 Å². The molecule has 0 bridgehead atoms. The number of nitrogens with zero attached hydrogens (tertiary/aromatic N) is 2. The maximum absolute atomic E-state index is 7.37. The number of aryl methyl sites for hydroxylation is 4. The fourth-order valence-electron chi connectivity index (χ4n) is 7.79. The van der Waals surface area contributed by atoms with E-state index in [1.54, 1.807) is 0 Å². The Balaban J connectivity index is 1.54. The third-order valence-corrected chi connectivity index (χ3v) is 12.2. The van der Waals surface area contributed by atoms with Crippen LogP contribution in [0.2, 0.25) is 5.02 Å². The van der Waals surface area contributed by atoms with Gasteiger partial charge < -0.3 is 9.80 Å². The number of hydrogen-bond acceptors (Lipinski definition) is 2. The summed E-state index contributed by atoms with van der Waals surface area (Å²) in [5, 5.41) is 0.634. The van der Waals surface area contributed by atoms with Crippen molar-refractivity contribution >= 4 is 61.7 Å². The summed E-state index contributed by atoms with van der Waals surface area (Å²) in [6.45, 7) is 22.3. The van der Waals surface area contributed by atoms with E-state index in [1.807, 2.05) is 0 Å². The van der Waals surface area contributed by atoms with E-state index in [-0.39, 0.29) is 10.8 Å². The summed E-state index contributed by atoms with van der Waals surface area (Å²) in [4.78, 5) is 4.73. The zero-order valence-electron chi connectivity index (χ0n) is 35.5. The van der Waals surface area contributed by atoms with E-state index < -0.39 is 0 Å². The monoisotopic (exact) mass is 844 g/mol. The first-order chi connectivity index (χ1) is 27.5. The first-order valence-corrected chi connectivity index (χ1v) is 21.3. The summed E-state index contributed by atoms with van der Waals surface area (Å²) in [6.07, 6.45) is 0. The minimum atomic E-state index is 0.00916. The van der Waals surface area contributed by atoms with Crippen molar-refractivity contribution in [1.29, 1.82) is 0 Å². The highest BCUT2D eigenvalue weighted by Gasteiger charge is 2.27. The number of benzene rings is 7. The maximum atomic E-state index is 7.37. The lowest BCUT2D eigenvalue weighted by Gasteiger charge is -2.34. The van der Waals surface area contributed by atoms with E-state index in [1.165, 1.54) is 44.5 Å². The molecule has 0 aliphatic heterocycles. The third-order valence-electron chi connectivity index (χ3n) is 11.1. The van der Waals surface area contributed by atoms with Gasteiger partial charge in [-0.3, -0.25) is 0 Å². The Hall–Kier alpha value is -5.09. The maximum Gasteiger partial charge on any atom is 0.0657 e. The summed E-state index contributed by atoms with van der Waals surface area (Å²) < 4.78 is 0.921. The molecule has 7 aromatic carbocycles. The summed E-state index contributed by atoms with van der Waals surface area (Å²) in [5.74, 6) is 0. The van der Waals surface area contributed by atoms with Gasteiger partial charge in [0, 0.05) is 27.5 Å². The highest BCUT2D eigenvalue weighted by molar-refractivity contribution is 9.10. The number of hydrogen-bond donors (Lipinski definition) is 0. The fraction of sp³-hybridized carbons (Fsp3) is 0.222. The molecule has 58 heavy (non-hydrogen) atoms. The van der Waals surface area contributed by atoms with Crippen molar-refractivity contribution in [2.24, 2.45) is 0 Å². The molecule has 0 radical (unpaired) electrons. The Kier molecular flexibility index (Phi) is 11.5. The number of rotatable bonds is 8. The first-order valence-electron chi connectivity index (χ1n) is 20.1. The van der Waals surface area contributed by atoms with Gasteiger partial charge in [0.05, 0.1) is 27.2 Å². The van der Waals surface area contributed by atoms with Gasteiger partial charge in [0.15, 0.2) is 0 Å². The van der Waals surface area contributed by atoms with Gasteiger partial charge in [-0.15, -0.1) is 0 Å². The second-order valence-electron chi connectivity index (χ2n) is 17.7. The quantitative estimate of drug-likeness (QED) is 0.150. The molecule has 0 saturated carbocycles. The minimum Gasteiger partial charge on any atom is -0.309 e. The van der Waals surface area contributed by atoms with E-state index in [9.17, 15) is 0 Å². The van der Waals surface area contributed by atoms with Crippen LogP contribution in [0, 0.1) is 27.7 Å². The smallest absolute Gasteiger partial charge is 0.0657 e. The molecule has 0 amide bonds. The Morgan fingerprint density at radius 1 is 0.414 bits per heavy atom. The van der Waals surface area contributed by atoms with Crippen molar-refractivity contribution in [3.63, 3.8) is 0 Å². The van der Waals surface area contributed by atoms with E-state index in [2.05, 4.69) is 241 Å². The molecule has 294 valence electrons. The van der Waals surface area contributed by atoms with Gasteiger partial charge in [0.25, 0.3) is 0 Å². The lowest BCUT2D eigenvalue weighted by atomic mass is 9.87. The zero-order valence-corrected chi connectivity index (χ0v) is 37.8. The molecule has 0 unspecified atom stereocenters. The van der Waals surface area contributed by atoms with Crippen LogP contribution in [0.15, 0.2) is 150 Å². The number of halogens is 2. The molecular formula is C54H54BrClN2. The van der Waals surface area contributed by atoms with Crippen LogP contribution in [0.5, 0.6) is 0 Å². The van der Waals surface area contributed by atoms with Crippen LogP contribution in [-0.2, 0) is 10.8 Å². The molecule has 0 atom stereocenters. The van der Waals surface area contributed by atoms with Crippen LogP contribution in [0.1, 0.15) is 74.9 Å². The van der Waals surface area contributed by atoms with Crippen LogP contribution in [0.4, 0.5) is 34.1 Å². The zero-order chi connectivity index (χ0) is 41.5. The summed E-state index contributed by atoms with van der Waals surface area (Å²) in [7, 11) is 0. The minimum absolute atomic E-state index is 0.00916. The molecule has 0 aliphatic carbocycles. The standard InChI is InChI=1S/C54H54BrClN2/c1-35-19-29-48(46(31-35)44-17-13-11-15-37(44)3)57(42-25-21-39(22-26-42)53(5,6)7)50-33-41(56)34-51(52(50)55)58(43-27-23-40(24-28-43)54(8,9)10)49-30-20-36(2)32-47(49)45-18-14-12-16-38(45)4/h11-34H,1-10H3. The van der Waals surface area contributed by atoms with Gasteiger partial charge >= 0.3 is 0 Å². The summed E-state index contributed by atoms with van der Waals surface area (Å²) >= 11 is 11.6. The van der Waals surface area contributed by atoms with Gasteiger partial charge in [-0.1, -0.05) is 149 Å². The molecule has 7 rings (SSSR count). The Labute approximate surface area is 360 Å². The van der Waals surface area contributed by atoms with Crippen molar-refractivity contribution in [3.05, 3.63) is 188 Å². The molecule has 7 aromatic rings. The molecular weight excluding hydrogens is 792 g/mol. The van der Waals surface area contributed by atoms with Crippen LogP contribution in [0.3, 0.4) is 0 Å². The Bertz CT molecular complexity index is 2410. The second-order valence-corrected chi connectivity index (χ2v) is 18.9. The average molecular weight is 846 g/mol. The molecule has 0 spiro atoms. The third kappa shape index (κ3) is 8.39. The van der Waals surface area contributed by atoms with E-state index in [0.29, 0.717) is 5.02 Å². The highest BCUT2D eigenvalue weighted by atomic mass is 79.9. The van der Waals surface area contributed by atoms with Gasteiger partial charge in [0.1, 0.15) is 0 Å². The lowest BCUT2D eigenvalue weighted by molar-refractivity contribution is 0.590. The lowest BCUT2D eigenvalue weighted by Crippen LogP contribution is -2.17. The molecule has 2 nitrogen and oxygen atoms in total. The van der Waals surface area contributed by atoms with Crippen LogP contribution < -0.4 is 9.80 Å². The average Bonchev–Trinajstić information content (AvgIpc) is 3.18. The fourth-order valence-corrected chi connectivity index (χ4v) is 8.58. The topological polar surface area (TPSA) is 6.48 Å². The van der Waals surface area contributed by atoms with Crippen molar-refractivity contribution in [1.82, 2.24) is 0 Å². The van der Waals surface area contributed by atoms with Crippen molar-refractivity contribution in [2.75, 3.05) is 9.80 Å². The molecule has 0 N–H and O–H groups in total. The van der Waals surface area contributed by atoms with E-state index in [0.717, 1.165) is 49.7 Å². The van der Waals surface area contributed by atoms with Crippen LogP contribution >= 0.6 is 27.5 Å². The van der Waals surface area contributed by atoms with Crippen LogP contribution in [0.25, 0.3) is 22.3 Å². The summed E-state index contributed by atoms with van der Waals surface area (Å²) in [6, 6.07) is 53.0. The second kappa shape index (κ2) is 16.3. The van der Waals surface area contributed by atoms with Gasteiger partial charge in [-0.25, -0.2) is 0 Å². The largest absolute Gasteiger partial charge is 0.309 e.